The molecular formula is C18H28N6. The van der Waals surface area contributed by atoms with Gasteiger partial charge in [-0.05, 0) is 50.8 Å². The average Bonchev–Trinajstić information content (AvgIpc) is 2.81. The molecule has 0 aliphatic rings. The molecule has 0 saturated heterocycles. The standard InChI is InChI=1S/C18H28N6/c1-13(11-17-14(2)23-24(5)15(17)3)22-18(19-4)21-10-8-16-7-6-9-20-12-16/h6-7,9,12-13H,8,10-11H2,1-5H3,(H2,19,21,22). The average molecular weight is 328 g/mol. The van der Waals surface area contributed by atoms with Crippen molar-refractivity contribution in [2.75, 3.05) is 13.6 Å². The Kier molecular flexibility index (Phi) is 6.35. The van der Waals surface area contributed by atoms with Crippen LogP contribution in [0.2, 0.25) is 0 Å². The van der Waals surface area contributed by atoms with E-state index < -0.39 is 0 Å². The van der Waals surface area contributed by atoms with E-state index in [0.29, 0.717) is 0 Å². The highest BCUT2D eigenvalue weighted by atomic mass is 15.3. The van der Waals surface area contributed by atoms with Gasteiger partial charge in [-0.25, -0.2) is 0 Å². The smallest absolute Gasteiger partial charge is 0.191 e. The highest BCUT2D eigenvalue weighted by Crippen LogP contribution is 2.14. The minimum absolute atomic E-state index is 0.274. The van der Waals surface area contributed by atoms with Crippen LogP contribution >= 0.6 is 0 Å². The molecule has 2 aromatic rings. The van der Waals surface area contributed by atoms with Crippen LogP contribution in [0.15, 0.2) is 29.5 Å². The van der Waals surface area contributed by atoms with Crippen molar-refractivity contribution >= 4 is 5.96 Å². The Balaban J connectivity index is 1.83. The van der Waals surface area contributed by atoms with Gasteiger partial charge in [0.15, 0.2) is 5.96 Å². The molecular weight excluding hydrogens is 300 g/mol. The molecule has 2 rings (SSSR count). The summed E-state index contributed by atoms with van der Waals surface area (Å²) in [5, 5.41) is 11.3. The fraction of sp³-hybridized carbons (Fsp3) is 0.500. The van der Waals surface area contributed by atoms with Crippen LogP contribution in [0.25, 0.3) is 0 Å². The van der Waals surface area contributed by atoms with Crippen molar-refractivity contribution in [1.29, 1.82) is 0 Å². The van der Waals surface area contributed by atoms with Gasteiger partial charge in [0, 0.05) is 44.8 Å². The van der Waals surface area contributed by atoms with E-state index in [-0.39, 0.29) is 6.04 Å². The van der Waals surface area contributed by atoms with Crippen LogP contribution in [0, 0.1) is 13.8 Å². The normalized spacial score (nSPS) is 13.0. The molecule has 0 aromatic carbocycles. The van der Waals surface area contributed by atoms with E-state index in [0.717, 1.165) is 31.0 Å². The first-order valence-corrected chi connectivity index (χ1v) is 8.36. The Hall–Kier alpha value is -2.37. The fourth-order valence-electron chi connectivity index (χ4n) is 2.77. The number of hydrogen-bond donors (Lipinski definition) is 2. The highest BCUT2D eigenvalue weighted by molar-refractivity contribution is 5.79. The van der Waals surface area contributed by atoms with E-state index in [4.69, 9.17) is 0 Å². The zero-order valence-electron chi connectivity index (χ0n) is 15.3. The van der Waals surface area contributed by atoms with Gasteiger partial charge in [-0.2, -0.15) is 5.10 Å². The van der Waals surface area contributed by atoms with E-state index in [1.807, 2.05) is 24.0 Å². The number of nitrogens with zero attached hydrogens (tertiary/aromatic N) is 4. The number of aromatic nitrogens is 3. The molecule has 2 N–H and O–H groups in total. The summed E-state index contributed by atoms with van der Waals surface area (Å²) in [7, 11) is 3.79. The maximum absolute atomic E-state index is 4.48. The van der Waals surface area contributed by atoms with Gasteiger partial charge in [0.05, 0.1) is 5.69 Å². The number of rotatable bonds is 6. The predicted molar refractivity (Wildman–Crippen MR) is 98.3 cm³/mol. The van der Waals surface area contributed by atoms with Crippen LogP contribution in [-0.2, 0) is 19.9 Å². The maximum Gasteiger partial charge on any atom is 0.191 e. The molecule has 1 unspecified atom stereocenters. The molecule has 1 atom stereocenters. The summed E-state index contributed by atoms with van der Waals surface area (Å²) in [5.41, 5.74) is 4.85. The quantitative estimate of drug-likeness (QED) is 0.626. The zero-order chi connectivity index (χ0) is 17.5. The van der Waals surface area contributed by atoms with Crippen molar-refractivity contribution in [1.82, 2.24) is 25.4 Å². The molecule has 0 aliphatic heterocycles. The zero-order valence-corrected chi connectivity index (χ0v) is 15.3. The van der Waals surface area contributed by atoms with Gasteiger partial charge in [0.1, 0.15) is 0 Å². The highest BCUT2D eigenvalue weighted by Gasteiger charge is 2.13. The van der Waals surface area contributed by atoms with Gasteiger partial charge in [-0.1, -0.05) is 6.07 Å². The lowest BCUT2D eigenvalue weighted by Gasteiger charge is -2.18. The van der Waals surface area contributed by atoms with E-state index in [2.05, 4.69) is 52.5 Å². The molecule has 0 amide bonds. The van der Waals surface area contributed by atoms with Crippen LogP contribution in [0.4, 0.5) is 0 Å². The first-order valence-electron chi connectivity index (χ1n) is 8.36. The lowest BCUT2D eigenvalue weighted by Crippen LogP contribution is -2.43. The summed E-state index contributed by atoms with van der Waals surface area (Å²) in [6.07, 6.45) is 5.54. The minimum atomic E-state index is 0.274. The van der Waals surface area contributed by atoms with Crippen LogP contribution in [-0.4, -0.2) is 40.4 Å². The van der Waals surface area contributed by atoms with Crippen molar-refractivity contribution in [3.05, 3.63) is 47.0 Å². The van der Waals surface area contributed by atoms with Crippen molar-refractivity contribution in [2.45, 2.75) is 39.7 Å². The van der Waals surface area contributed by atoms with Gasteiger partial charge < -0.3 is 10.6 Å². The minimum Gasteiger partial charge on any atom is -0.356 e. The molecule has 0 saturated carbocycles. The van der Waals surface area contributed by atoms with Gasteiger partial charge in [0.2, 0.25) is 0 Å². The molecule has 0 fully saturated rings. The summed E-state index contributed by atoms with van der Waals surface area (Å²) in [5.74, 6) is 0.825. The molecule has 0 bridgehead atoms. The number of pyridine rings is 1. The Morgan fingerprint density at radius 3 is 2.75 bits per heavy atom. The van der Waals surface area contributed by atoms with E-state index in [1.165, 1.54) is 16.8 Å². The number of hydrogen-bond acceptors (Lipinski definition) is 3. The molecule has 130 valence electrons. The predicted octanol–water partition coefficient (Wildman–Crippen LogP) is 1.77. The molecule has 0 aliphatic carbocycles. The third-order valence-electron chi connectivity index (χ3n) is 4.20. The second-order valence-electron chi connectivity index (χ2n) is 6.13. The van der Waals surface area contributed by atoms with Gasteiger partial charge in [-0.3, -0.25) is 14.7 Å². The largest absolute Gasteiger partial charge is 0.356 e. The van der Waals surface area contributed by atoms with Crippen molar-refractivity contribution in [2.24, 2.45) is 12.0 Å². The molecule has 2 heterocycles. The molecule has 2 aromatic heterocycles. The molecule has 0 radical (unpaired) electrons. The maximum atomic E-state index is 4.48. The summed E-state index contributed by atoms with van der Waals surface area (Å²) in [6, 6.07) is 4.32. The lowest BCUT2D eigenvalue weighted by atomic mass is 10.1. The summed E-state index contributed by atoms with van der Waals surface area (Å²) in [6.45, 7) is 7.17. The first kappa shape index (κ1) is 18.0. The SMILES string of the molecule is CN=C(NCCc1cccnc1)NC(C)Cc1c(C)nn(C)c1C. The van der Waals surface area contributed by atoms with Crippen molar-refractivity contribution < 1.29 is 0 Å². The molecule has 6 nitrogen and oxygen atoms in total. The van der Waals surface area contributed by atoms with Crippen LogP contribution in [0.5, 0.6) is 0 Å². The topological polar surface area (TPSA) is 67.1 Å². The summed E-state index contributed by atoms with van der Waals surface area (Å²) < 4.78 is 1.94. The summed E-state index contributed by atoms with van der Waals surface area (Å²) in [4.78, 5) is 8.44. The van der Waals surface area contributed by atoms with E-state index in [1.54, 1.807) is 13.2 Å². The first-order chi connectivity index (χ1) is 11.5. The third kappa shape index (κ3) is 4.81. The van der Waals surface area contributed by atoms with Gasteiger partial charge >= 0.3 is 0 Å². The van der Waals surface area contributed by atoms with Gasteiger partial charge in [0.25, 0.3) is 0 Å². The molecule has 24 heavy (non-hydrogen) atoms. The van der Waals surface area contributed by atoms with Crippen molar-refractivity contribution in [3.63, 3.8) is 0 Å². The Labute approximate surface area is 144 Å². The Bertz CT molecular complexity index is 674. The fourth-order valence-corrected chi connectivity index (χ4v) is 2.77. The molecule has 6 heteroatoms. The Morgan fingerprint density at radius 1 is 1.38 bits per heavy atom. The van der Waals surface area contributed by atoms with Crippen LogP contribution in [0.3, 0.4) is 0 Å². The van der Waals surface area contributed by atoms with E-state index in [9.17, 15) is 0 Å². The van der Waals surface area contributed by atoms with Crippen molar-refractivity contribution in [3.8, 4) is 0 Å². The second-order valence-corrected chi connectivity index (χ2v) is 6.13. The van der Waals surface area contributed by atoms with Crippen LogP contribution < -0.4 is 10.6 Å². The number of nitrogens with one attached hydrogen (secondary N) is 2. The monoisotopic (exact) mass is 328 g/mol. The Morgan fingerprint density at radius 2 is 2.17 bits per heavy atom. The number of guanidine groups is 1. The summed E-state index contributed by atoms with van der Waals surface area (Å²) >= 11 is 0. The second kappa shape index (κ2) is 8.47. The number of aryl methyl sites for hydroxylation is 2. The van der Waals surface area contributed by atoms with Crippen LogP contribution in [0.1, 0.15) is 29.4 Å². The molecule has 0 spiro atoms. The number of aliphatic imine (C=N–C) groups is 1. The lowest BCUT2D eigenvalue weighted by molar-refractivity contribution is 0.635. The van der Waals surface area contributed by atoms with Gasteiger partial charge in [-0.15, -0.1) is 0 Å². The third-order valence-corrected chi connectivity index (χ3v) is 4.20. The van der Waals surface area contributed by atoms with E-state index >= 15 is 0 Å².